The number of allylic oxidation sites excluding steroid dienone is 3. The van der Waals surface area contributed by atoms with E-state index < -0.39 is 11.9 Å². The number of ether oxygens (including phenoxy) is 2. The van der Waals surface area contributed by atoms with Gasteiger partial charge in [-0.25, -0.2) is 4.79 Å². The highest BCUT2D eigenvalue weighted by molar-refractivity contribution is 6.03. The molecule has 0 aromatic heterocycles. The van der Waals surface area contributed by atoms with E-state index in [2.05, 4.69) is 5.32 Å². The zero-order chi connectivity index (χ0) is 18.7. The van der Waals surface area contributed by atoms with E-state index >= 15 is 0 Å². The number of rotatable bonds is 5. The van der Waals surface area contributed by atoms with E-state index in [0.29, 0.717) is 35.4 Å². The van der Waals surface area contributed by atoms with Gasteiger partial charge in [-0.3, -0.25) is 4.79 Å². The van der Waals surface area contributed by atoms with Crippen molar-refractivity contribution in [1.82, 2.24) is 5.32 Å². The molecule has 3 rings (SSSR count). The fourth-order valence-electron chi connectivity index (χ4n) is 3.59. The lowest BCUT2D eigenvalue weighted by molar-refractivity contribution is -0.140. The van der Waals surface area contributed by atoms with Gasteiger partial charge in [0.1, 0.15) is 12.4 Å². The second-order valence-corrected chi connectivity index (χ2v) is 6.49. The maximum Gasteiger partial charge on any atom is 0.336 e. The van der Waals surface area contributed by atoms with Gasteiger partial charge in [-0.2, -0.15) is 0 Å². The van der Waals surface area contributed by atoms with Crippen LogP contribution in [0.3, 0.4) is 0 Å². The average molecular weight is 357 g/mol. The van der Waals surface area contributed by atoms with Gasteiger partial charge in [-0.05, 0) is 37.5 Å². The van der Waals surface area contributed by atoms with Crippen LogP contribution in [0.4, 0.5) is 0 Å². The van der Waals surface area contributed by atoms with E-state index in [-0.39, 0.29) is 18.1 Å². The van der Waals surface area contributed by atoms with Gasteiger partial charge >= 0.3 is 5.97 Å². The second kappa shape index (κ2) is 7.74. The van der Waals surface area contributed by atoms with Crippen LogP contribution in [-0.4, -0.2) is 37.2 Å². The molecule has 1 heterocycles. The lowest BCUT2D eigenvalue weighted by Crippen LogP contribution is -2.34. The highest BCUT2D eigenvalue weighted by Gasteiger charge is 2.39. The number of nitrogens with one attached hydrogen (secondary N) is 1. The van der Waals surface area contributed by atoms with Crippen LogP contribution in [0.5, 0.6) is 5.75 Å². The van der Waals surface area contributed by atoms with Gasteiger partial charge in [-0.1, -0.05) is 12.1 Å². The van der Waals surface area contributed by atoms with Gasteiger partial charge in [0.25, 0.3) is 0 Å². The number of ketones is 1. The molecule has 2 N–H and O–H groups in total. The van der Waals surface area contributed by atoms with Crippen LogP contribution in [0.25, 0.3) is 0 Å². The third kappa shape index (κ3) is 3.51. The van der Waals surface area contributed by atoms with Gasteiger partial charge in [0, 0.05) is 36.4 Å². The molecule has 1 aromatic carbocycles. The Balaban J connectivity index is 2.06. The fraction of sp³-hybridized carbons (Fsp3) is 0.400. The highest BCUT2D eigenvalue weighted by atomic mass is 16.6. The van der Waals surface area contributed by atoms with Gasteiger partial charge < -0.3 is 19.9 Å². The van der Waals surface area contributed by atoms with Gasteiger partial charge in [0.15, 0.2) is 5.78 Å². The molecule has 6 heteroatoms. The minimum atomic E-state index is -0.541. The summed E-state index contributed by atoms with van der Waals surface area (Å²) in [6.45, 7) is 2.25. The molecule has 26 heavy (non-hydrogen) atoms. The first-order chi connectivity index (χ1) is 12.5. The van der Waals surface area contributed by atoms with Crippen LogP contribution < -0.4 is 5.32 Å². The molecule has 1 atom stereocenters. The number of carbonyl (C=O) groups excluding carboxylic acids is 2. The Morgan fingerprint density at radius 2 is 2.12 bits per heavy atom. The minimum Gasteiger partial charge on any atom is -0.508 e. The topological polar surface area (TPSA) is 84.9 Å². The number of benzene rings is 1. The fourth-order valence-corrected chi connectivity index (χ4v) is 3.59. The zero-order valence-corrected chi connectivity index (χ0v) is 15.0. The maximum absolute atomic E-state index is 12.8. The number of phenols is 1. The molecule has 0 bridgehead atoms. The molecule has 0 fully saturated rings. The van der Waals surface area contributed by atoms with Crippen molar-refractivity contribution in [1.29, 1.82) is 0 Å². The summed E-state index contributed by atoms with van der Waals surface area (Å²) in [5, 5.41) is 13.1. The van der Waals surface area contributed by atoms with E-state index in [1.165, 1.54) is 7.11 Å². The molecule has 1 aromatic rings. The van der Waals surface area contributed by atoms with Crippen molar-refractivity contribution < 1.29 is 24.2 Å². The molecule has 138 valence electrons. The Labute approximate surface area is 152 Å². The number of dihydropyridines is 1. The van der Waals surface area contributed by atoms with Crippen molar-refractivity contribution in [2.75, 3.05) is 20.3 Å². The Morgan fingerprint density at radius 3 is 2.85 bits per heavy atom. The highest BCUT2D eigenvalue weighted by Crippen LogP contribution is 2.42. The van der Waals surface area contributed by atoms with Crippen LogP contribution in [-0.2, 0) is 19.1 Å². The van der Waals surface area contributed by atoms with Crippen molar-refractivity contribution in [2.24, 2.45) is 0 Å². The first-order valence-electron chi connectivity index (χ1n) is 8.72. The number of hydrogen-bond acceptors (Lipinski definition) is 6. The summed E-state index contributed by atoms with van der Waals surface area (Å²) in [7, 11) is 1.54. The van der Waals surface area contributed by atoms with Crippen molar-refractivity contribution in [3.63, 3.8) is 0 Å². The molecule has 1 aliphatic heterocycles. The lowest BCUT2D eigenvalue weighted by Gasteiger charge is -2.34. The molecule has 0 spiro atoms. The van der Waals surface area contributed by atoms with Crippen LogP contribution in [0.2, 0.25) is 0 Å². The third-order valence-electron chi connectivity index (χ3n) is 4.72. The molecule has 1 aliphatic carbocycles. The summed E-state index contributed by atoms with van der Waals surface area (Å²) < 4.78 is 10.3. The van der Waals surface area contributed by atoms with Crippen molar-refractivity contribution in [3.8, 4) is 5.75 Å². The normalized spacial score (nSPS) is 19.9. The Hall–Kier alpha value is -2.60. The molecular weight excluding hydrogens is 334 g/mol. The van der Waals surface area contributed by atoms with E-state index in [0.717, 1.165) is 18.5 Å². The summed E-state index contributed by atoms with van der Waals surface area (Å²) in [5.74, 6) is -0.899. The zero-order valence-electron chi connectivity index (χ0n) is 15.0. The average Bonchev–Trinajstić information content (AvgIpc) is 2.61. The molecule has 0 saturated heterocycles. The second-order valence-electron chi connectivity index (χ2n) is 6.49. The molecule has 2 aliphatic rings. The molecule has 0 radical (unpaired) electrons. The number of Topliss-reactive ketones (excluding diaryl/α,β-unsaturated/α-hetero) is 1. The summed E-state index contributed by atoms with van der Waals surface area (Å²) in [6.07, 6.45) is 2.01. The molecule has 0 saturated carbocycles. The largest absolute Gasteiger partial charge is 0.508 e. The number of aromatic hydroxyl groups is 1. The first-order valence-corrected chi connectivity index (χ1v) is 8.72. The Kier molecular flexibility index (Phi) is 5.42. The van der Waals surface area contributed by atoms with E-state index in [1.807, 2.05) is 13.0 Å². The van der Waals surface area contributed by atoms with E-state index in [4.69, 9.17) is 9.47 Å². The summed E-state index contributed by atoms with van der Waals surface area (Å²) in [6, 6.07) is 6.69. The van der Waals surface area contributed by atoms with Gasteiger partial charge in [0.2, 0.25) is 0 Å². The molecule has 0 unspecified atom stereocenters. The van der Waals surface area contributed by atoms with Gasteiger partial charge in [0.05, 0.1) is 12.2 Å². The molecule has 6 nitrogen and oxygen atoms in total. The molecular formula is C20H23NO5. The monoisotopic (exact) mass is 357 g/mol. The summed E-state index contributed by atoms with van der Waals surface area (Å²) >= 11 is 0. The standard InChI is InChI=1S/C20H23NO5/c1-12-17(20(24)26-10-9-25-2)18(13-5-3-6-14(22)11-13)19-15(21-12)7-4-8-16(19)23/h3,5-6,11,18,21-22H,4,7-10H2,1-2H3/t18-/m1/s1. The van der Waals surface area contributed by atoms with Gasteiger partial charge in [-0.15, -0.1) is 0 Å². The smallest absolute Gasteiger partial charge is 0.336 e. The van der Waals surface area contributed by atoms with Crippen LogP contribution in [0.15, 0.2) is 46.8 Å². The maximum atomic E-state index is 12.8. The first kappa shape index (κ1) is 18.2. The quantitative estimate of drug-likeness (QED) is 0.622. The lowest BCUT2D eigenvalue weighted by atomic mass is 9.75. The number of phenolic OH excluding ortho intramolecular Hbond substituents is 1. The Bertz CT molecular complexity index is 793. The number of carbonyl (C=O) groups is 2. The predicted molar refractivity (Wildman–Crippen MR) is 95.4 cm³/mol. The van der Waals surface area contributed by atoms with Crippen LogP contribution >= 0.6 is 0 Å². The minimum absolute atomic E-state index is 0.0294. The third-order valence-corrected chi connectivity index (χ3v) is 4.72. The van der Waals surface area contributed by atoms with Crippen LogP contribution in [0.1, 0.15) is 37.7 Å². The van der Waals surface area contributed by atoms with Crippen molar-refractivity contribution in [2.45, 2.75) is 32.1 Å². The number of esters is 1. The van der Waals surface area contributed by atoms with Crippen molar-refractivity contribution >= 4 is 11.8 Å². The summed E-state index contributed by atoms with van der Waals surface area (Å²) in [4.78, 5) is 25.4. The Morgan fingerprint density at radius 1 is 1.31 bits per heavy atom. The number of methoxy groups -OCH3 is 1. The summed E-state index contributed by atoms with van der Waals surface area (Å²) in [5.41, 5.74) is 3.24. The van der Waals surface area contributed by atoms with Crippen molar-refractivity contribution in [3.05, 3.63) is 52.4 Å². The van der Waals surface area contributed by atoms with E-state index in [9.17, 15) is 14.7 Å². The predicted octanol–water partition coefficient (Wildman–Crippen LogP) is 2.55. The number of hydrogen-bond donors (Lipinski definition) is 2. The van der Waals surface area contributed by atoms with E-state index in [1.54, 1.807) is 18.2 Å². The molecule has 0 amide bonds. The van der Waals surface area contributed by atoms with Crippen LogP contribution in [0, 0.1) is 0 Å². The SMILES string of the molecule is COCCOC(=O)C1=C(C)NC2=C(C(=O)CCC2)[C@@H]1c1cccc(O)c1.